The van der Waals surface area contributed by atoms with Crippen LogP contribution < -0.4 is 10.1 Å². The third-order valence-electron chi connectivity index (χ3n) is 2.39. The van der Waals surface area contributed by atoms with Gasteiger partial charge < -0.3 is 10.1 Å². The van der Waals surface area contributed by atoms with Crippen molar-refractivity contribution in [1.29, 1.82) is 0 Å². The molecule has 0 amide bonds. The molecule has 0 saturated carbocycles. The van der Waals surface area contributed by atoms with Gasteiger partial charge in [-0.2, -0.15) is 0 Å². The van der Waals surface area contributed by atoms with Crippen LogP contribution in [0.2, 0.25) is 0 Å². The highest BCUT2D eigenvalue weighted by molar-refractivity contribution is 7.17. The number of aryl methyl sites for hydroxylation is 1. The molecular weight excluding hydrogens is 234 g/mol. The lowest BCUT2D eigenvalue weighted by molar-refractivity contribution is 0.301. The summed E-state index contributed by atoms with van der Waals surface area (Å²) < 4.78 is 6.72. The van der Waals surface area contributed by atoms with Crippen molar-refractivity contribution in [3.63, 3.8) is 0 Å². The van der Waals surface area contributed by atoms with Crippen molar-refractivity contribution in [3.05, 3.63) is 17.3 Å². The SMILES string of the molecule is Cc1csc2c(OCCNC(C)C)ncnc12. The number of nitrogens with one attached hydrogen (secondary N) is 1. The van der Waals surface area contributed by atoms with E-state index in [1.165, 1.54) is 5.56 Å². The molecule has 0 unspecified atom stereocenters. The van der Waals surface area contributed by atoms with Crippen LogP contribution in [0.1, 0.15) is 19.4 Å². The molecule has 2 rings (SSSR count). The number of hydrogen-bond donors (Lipinski definition) is 1. The van der Waals surface area contributed by atoms with Gasteiger partial charge in [-0.3, -0.25) is 0 Å². The zero-order valence-corrected chi connectivity index (χ0v) is 11.2. The number of aromatic nitrogens is 2. The molecule has 17 heavy (non-hydrogen) atoms. The van der Waals surface area contributed by atoms with Crippen LogP contribution in [-0.2, 0) is 0 Å². The van der Waals surface area contributed by atoms with Gasteiger partial charge >= 0.3 is 0 Å². The minimum atomic E-state index is 0.480. The minimum Gasteiger partial charge on any atom is -0.475 e. The Morgan fingerprint density at radius 3 is 3.00 bits per heavy atom. The maximum atomic E-state index is 5.68. The summed E-state index contributed by atoms with van der Waals surface area (Å²) in [6.07, 6.45) is 1.56. The van der Waals surface area contributed by atoms with Gasteiger partial charge in [0, 0.05) is 12.6 Å². The van der Waals surface area contributed by atoms with Crippen molar-refractivity contribution in [2.45, 2.75) is 26.8 Å². The van der Waals surface area contributed by atoms with Gasteiger partial charge in [-0.15, -0.1) is 11.3 Å². The van der Waals surface area contributed by atoms with E-state index in [9.17, 15) is 0 Å². The van der Waals surface area contributed by atoms with Crippen LogP contribution in [0.15, 0.2) is 11.7 Å². The molecule has 1 N–H and O–H groups in total. The highest BCUT2D eigenvalue weighted by atomic mass is 32.1. The second-order valence-electron chi connectivity index (χ2n) is 4.23. The number of rotatable bonds is 5. The summed E-state index contributed by atoms with van der Waals surface area (Å²) in [7, 11) is 0. The Balaban J connectivity index is 2.03. The van der Waals surface area contributed by atoms with Crippen LogP contribution in [0, 0.1) is 6.92 Å². The smallest absolute Gasteiger partial charge is 0.234 e. The molecule has 4 nitrogen and oxygen atoms in total. The molecule has 2 heterocycles. The Labute approximate surface area is 105 Å². The first-order valence-corrected chi connectivity index (χ1v) is 6.61. The van der Waals surface area contributed by atoms with Crippen molar-refractivity contribution in [2.24, 2.45) is 0 Å². The molecule has 0 atom stereocenters. The number of fused-ring (bicyclic) bond motifs is 1. The summed E-state index contributed by atoms with van der Waals surface area (Å²) in [5.41, 5.74) is 2.18. The van der Waals surface area contributed by atoms with Crippen molar-refractivity contribution >= 4 is 21.6 Å². The van der Waals surface area contributed by atoms with Crippen LogP contribution in [0.3, 0.4) is 0 Å². The normalized spacial score (nSPS) is 11.3. The summed E-state index contributed by atoms with van der Waals surface area (Å²) in [6.45, 7) is 7.74. The van der Waals surface area contributed by atoms with Crippen molar-refractivity contribution in [3.8, 4) is 5.88 Å². The van der Waals surface area contributed by atoms with Gasteiger partial charge in [-0.05, 0) is 17.9 Å². The summed E-state index contributed by atoms with van der Waals surface area (Å²) in [5.74, 6) is 0.693. The van der Waals surface area contributed by atoms with E-state index in [1.54, 1.807) is 17.7 Å². The molecule has 0 aliphatic heterocycles. The Hall–Kier alpha value is -1.20. The third-order valence-corrected chi connectivity index (χ3v) is 3.47. The van der Waals surface area contributed by atoms with Gasteiger partial charge in [-0.25, -0.2) is 9.97 Å². The predicted molar refractivity (Wildman–Crippen MR) is 70.8 cm³/mol. The second kappa shape index (κ2) is 5.42. The van der Waals surface area contributed by atoms with E-state index in [0.29, 0.717) is 18.5 Å². The highest BCUT2D eigenvalue weighted by Gasteiger charge is 2.08. The molecule has 0 saturated heterocycles. The molecular formula is C12H17N3OS. The maximum Gasteiger partial charge on any atom is 0.234 e. The van der Waals surface area contributed by atoms with Crippen LogP contribution in [0.5, 0.6) is 5.88 Å². The largest absolute Gasteiger partial charge is 0.475 e. The van der Waals surface area contributed by atoms with Gasteiger partial charge in [0.2, 0.25) is 5.88 Å². The summed E-state index contributed by atoms with van der Waals surface area (Å²) in [6, 6.07) is 0.480. The first-order chi connectivity index (χ1) is 8.18. The van der Waals surface area contributed by atoms with E-state index in [2.05, 4.69) is 41.4 Å². The fraction of sp³-hybridized carbons (Fsp3) is 0.500. The van der Waals surface area contributed by atoms with Crippen LogP contribution >= 0.6 is 11.3 Å². The molecule has 5 heteroatoms. The van der Waals surface area contributed by atoms with E-state index >= 15 is 0 Å². The predicted octanol–water partition coefficient (Wildman–Crippen LogP) is 2.38. The van der Waals surface area contributed by atoms with Crippen LogP contribution in [0.25, 0.3) is 10.2 Å². The Morgan fingerprint density at radius 1 is 1.41 bits per heavy atom. The first-order valence-electron chi connectivity index (χ1n) is 5.73. The number of hydrogen-bond acceptors (Lipinski definition) is 5. The zero-order chi connectivity index (χ0) is 12.3. The second-order valence-corrected chi connectivity index (χ2v) is 5.11. The summed E-state index contributed by atoms with van der Waals surface area (Å²) in [4.78, 5) is 8.45. The lowest BCUT2D eigenvalue weighted by Gasteiger charge is -2.09. The molecule has 0 aromatic carbocycles. The number of ether oxygens (including phenoxy) is 1. The van der Waals surface area contributed by atoms with Gasteiger partial charge in [-0.1, -0.05) is 13.8 Å². The van der Waals surface area contributed by atoms with E-state index in [1.807, 2.05) is 0 Å². The van der Waals surface area contributed by atoms with Gasteiger partial charge in [0.05, 0.1) is 5.52 Å². The molecule has 0 aliphatic rings. The third kappa shape index (κ3) is 2.92. The zero-order valence-electron chi connectivity index (χ0n) is 10.4. The first kappa shape index (κ1) is 12.3. The molecule has 2 aromatic heterocycles. The average Bonchev–Trinajstić information content (AvgIpc) is 2.67. The highest BCUT2D eigenvalue weighted by Crippen LogP contribution is 2.29. The molecule has 0 spiro atoms. The van der Waals surface area contributed by atoms with Crippen molar-refractivity contribution in [1.82, 2.24) is 15.3 Å². The summed E-state index contributed by atoms with van der Waals surface area (Å²) in [5, 5.41) is 5.39. The fourth-order valence-electron chi connectivity index (χ4n) is 1.55. The summed E-state index contributed by atoms with van der Waals surface area (Å²) >= 11 is 1.63. The van der Waals surface area contributed by atoms with E-state index in [0.717, 1.165) is 16.8 Å². The monoisotopic (exact) mass is 251 g/mol. The molecule has 0 aliphatic carbocycles. The lowest BCUT2D eigenvalue weighted by Crippen LogP contribution is -2.27. The Kier molecular flexibility index (Phi) is 3.91. The van der Waals surface area contributed by atoms with Gasteiger partial charge in [0.25, 0.3) is 0 Å². The average molecular weight is 251 g/mol. The van der Waals surface area contributed by atoms with Crippen LogP contribution in [0.4, 0.5) is 0 Å². The molecule has 2 aromatic rings. The van der Waals surface area contributed by atoms with Crippen molar-refractivity contribution < 1.29 is 4.74 Å². The van der Waals surface area contributed by atoms with Crippen LogP contribution in [-0.4, -0.2) is 29.2 Å². The quantitative estimate of drug-likeness (QED) is 0.829. The topological polar surface area (TPSA) is 47.0 Å². The molecule has 0 radical (unpaired) electrons. The van der Waals surface area contributed by atoms with E-state index in [4.69, 9.17) is 4.74 Å². The molecule has 0 bridgehead atoms. The van der Waals surface area contributed by atoms with Gasteiger partial charge in [0.1, 0.15) is 17.6 Å². The molecule has 92 valence electrons. The standard InChI is InChI=1S/C12H17N3OS/c1-8(2)13-4-5-16-12-11-10(14-7-15-12)9(3)6-17-11/h6-8,13H,4-5H2,1-3H3. The Morgan fingerprint density at radius 2 is 2.24 bits per heavy atom. The lowest BCUT2D eigenvalue weighted by atomic mass is 10.3. The van der Waals surface area contributed by atoms with E-state index in [-0.39, 0.29) is 0 Å². The fourth-order valence-corrected chi connectivity index (χ4v) is 2.49. The maximum absolute atomic E-state index is 5.68. The minimum absolute atomic E-state index is 0.480. The van der Waals surface area contributed by atoms with E-state index < -0.39 is 0 Å². The number of thiophene rings is 1. The van der Waals surface area contributed by atoms with Crippen molar-refractivity contribution in [2.75, 3.05) is 13.2 Å². The van der Waals surface area contributed by atoms with Gasteiger partial charge in [0.15, 0.2) is 0 Å². The number of nitrogens with zero attached hydrogens (tertiary/aromatic N) is 2. The Bertz CT molecular complexity index is 495. The molecule has 0 fully saturated rings.